The van der Waals surface area contributed by atoms with Crippen molar-refractivity contribution in [1.29, 1.82) is 0 Å². The smallest absolute Gasteiger partial charge is 0.291 e. The van der Waals surface area contributed by atoms with Crippen molar-refractivity contribution >= 4 is 17.5 Å². The number of carbonyl (C=O) groups excluding carboxylic acids is 3. The van der Waals surface area contributed by atoms with Crippen LogP contribution in [0, 0.1) is 11.7 Å². The van der Waals surface area contributed by atoms with Crippen molar-refractivity contribution in [2.75, 3.05) is 34.3 Å². The number of carbonyl (C=O) groups is 3. The summed E-state index contributed by atoms with van der Waals surface area (Å²) >= 11 is 0. The van der Waals surface area contributed by atoms with Crippen molar-refractivity contribution in [2.24, 2.45) is 5.92 Å². The molecule has 1 aliphatic rings. The molecule has 0 aliphatic carbocycles. The first-order valence-corrected chi connectivity index (χ1v) is 9.91. The molecule has 1 fully saturated rings. The van der Waals surface area contributed by atoms with E-state index in [0.29, 0.717) is 12.2 Å². The van der Waals surface area contributed by atoms with E-state index in [1.165, 1.54) is 35.1 Å². The fourth-order valence-corrected chi connectivity index (χ4v) is 3.83. The van der Waals surface area contributed by atoms with Gasteiger partial charge < -0.3 is 14.5 Å². The number of methoxy groups -OCH3 is 1. The Hall–Kier alpha value is -3.06. The number of hydrogen-bond acceptors (Lipinski definition) is 4. The Labute approximate surface area is 175 Å². The number of benzene rings is 2. The van der Waals surface area contributed by atoms with Crippen LogP contribution in [-0.4, -0.2) is 56.7 Å². The third-order valence-corrected chi connectivity index (χ3v) is 5.36. The summed E-state index contributed by atoms with van der Waals surface area (Å²) in [6, 6.07) is 11.4. The topological polar surface area (TPSA) is 68.1 Å². The van der Waals surface area contributed by atoms with Crippen LogP contribution in [0.25, 0.3) is 0 Å². The Bertz CT molecular complexity index is 942. The Morgan fingerprint density at radius 1 is 1.10 bits per heavy atom. The molecule has 1 amide bonds. The van der Waals surface area contributed by atoms with Crippen molar-refractivity contribution in [3.8, 4) is 5.75 Å². The number of likely N-dealkylation sites (tertiary alicyclic amines) is 1. The molecule has 158 valence electrons. The molecule has 3 rings (SSSR count). The molecule has 2 aromatic carbocycles. The standard InChI is InChI=1S/C23H25FN2O4/c1-25(2)13-6-14-26-20(17-7-4-5-8-18(17)24)19(22(28)23(26)29)21(27)15-9-11-16(30-3)12-10-15/h4-5,7-12,19-20H,6,13-14H2,1-3H3/p+1. The highest BCUT2D eigenvalue weighted by molar-refractivity contribution is 6.44. The number of amides is 1. The van der Waals surface area contributed by atoms with Crippen molar-refractivity contribution in [1.82, 2.24) is 4.90 Å². The second-order valence-electron chi connectivity index (χ2n) is 7.71. The molecule has 1 aliphatic heterocycles. The maximum Gasteiger partial charge on any atom is 0.291 e. The molecular formula is C23H26FN2O4+. The molecule has 30 heavy (non-hydrogen) atoms. The quantitative estimate of drug-likeness (QED) is 0.403. The van der Waals surface area contributed by atoms with Crippen LogP contribution < -0.4 is 9.64 Å². The second-order valence-corrected chi connectivity index (χ2v) is 7.71. The maximum atomic E-state index is 14.7. The van der Waals surface area contributed by atoms with Crippen LogP contribution in [0.1, 0.15) is 28.4 Å². The average molecular weight is 413 g/mol. The first-order chi connectivity index (χ1) is 14.3. The second kappa shape index (κ2) is 9.17. The number of hydrogen-bond donors (Lipinski definition) is 1. The summed E-state index contributed by atoms with van der Waals surface area (Å²) < 4.78 is 19.8. The number of nitrogens with one attached hydrogen (secondary N) is 1. The number of halogens is 1. The van der Waals surface area contributed by atoms with Crippen LogP contribution in [0.4, 0.5) is 4.39 Å². The minimum Gasteiger partial charge on any atom is -0.497 e. The van der Waals surface area contributed by atoms with Crippen molar-refractivity contribution in [3.63, 3.8) is 0 Å². The Kier molecular flexibility index (Phi) is 6.62. The zero-order valence-corrected chi connectivity index (χ0v) is 17.4. The lowest BCUT2D eigenvalue weighted by Crippen LogP contribution is -3.05. The number of ether oxygens (including phenoxy) is 1. The molecule has 0 bridgehead atoms. The molecule has 2 unspecified atom stereocenters. The van der Waals surface area contributed by atoms with E-state index in [1.807, 2.05) is 14.1 Å². The van der Waals surface area contributed by atoms with Gasteiger partial charge in [-0.1, -0.05) is 18.2 Å². The van der Waals surface area contributed by atoms with Gasteiger partial charge >= 0.3 is 0 Å². The van der Waals surface area contributed by atoms with Gasteiger partial charge in [-0.05, 0) is 30.3 Å². The first kappa shape index (κ1) is 21.6. The van der Waals surface area contributed by atoms with Crippen LogP contribution in [0.2, 0.25) is 0 Å². The van der Waals surface area contributed by atoms with Crippen molar-refractivity contribution in [3.05, 3.63) is 65.5 Å². The number of quaternary nitrogens is 1. The summed E-state index contributed by atoms with van der Waals surface area (Å²) in [4.78, 5) is 41.5. The van der Waals surface area contributed by atoms with Gasteiger partial charge in [0.2, 0.25) is 5.78 Å². The van der Waals surface area contributed by atoms with Gasteiger partial charge in [-0.2, -0.15) is 0 Å². The van der Waals surface area contributed by atoms with Gasteiger partial charge in [0.15, 0.2) is 5.78 Å². The molecule has 0 radical (unpaired) electrons. The minimum absolute atomic E-state index is 0.181. The van der Waals surface area contributed by atoms with Crippen LogP contribution >= 0.6 is 0 Å². The molecule has 1 heterocycles. The van der Waals surface area contributed by atoms with E-state index in [1.54, 1.807) is 30.3 Å². The lowest BCUT2D eigenvalue weighted by atomic mass is 9.86. The van der Waals surface area contributed by atoms with E-state index in [-0.39, 0.29) is 17.7 Å². The van der Waals surface area contributed by atoms with Gasteiger partial charge in [-0.25, -0.2) is 4.39 Å². The Balaban J connectivity index is 2.00. The number of rotatable bonds is 8. The molecule has 2 aromatic rings. The third-order valence-electron chi connectivity index (χ3n) is 5.36. The molecule has 0 spiro atoms. The van der Waals surface area contributed by atoms with Crippen LogP contribution in [0.15, 0.2) is 48.5 Å². The monoisotopic (exact) mass is 413 g/mol. The molecule has 7 heteroatoms. The van der Waals surface area contributed by atoms with Gasteiger partial charge in [-0.15, -0.1) is 0 Å². The fourth-order valence-electron chi connectivity index (χ4n) is 3.83. The summed E-state index contributed by atoms with van der Waals surface area (Å²) in [5.41, 5.74) is 0.462. The highest BCUT2D eigenvalue weighted by atomic mass is 19.1. The third kappa shape index (κ3) is 4.26. The lowest BCUT2D eigenvalue weighted by molar-refractivity contribution is -0.858. The molecule has 1 saturated heterocycles. The predicted octanol–water partition coefficient (Wildman–Crippen LogP) is 1.32. The highest BCUT2D eigenvalue weighted by Crippen LogP contribution is 2.39. The molecule has 0 aromatic heterocycles. The number of nitrogens with zero attached hydrogens (tertiary/aromatic N) is 1. The first-order valence-electron chi connectivity index (χ1n) is 9.91. The summed E-state index contributed by atoms with van der Waals surface area (Å²) in [7, 11) is 5.49. The molecule has 6 nitrogen and oxygen atoms in total. The van der Waals surface area contributed by atoms with Gasteiger partial charge in [0.05, 0.1) is 33.8 Å². The number of Topliss-reactive ketones (excluding diaryl/α,β-unsaturated/α-hetero) is 2. The van der Waals surface area contributed by atoms with Crippen LogP contribution in [0.5, 0.6) is 5.75 Å². The predicted molar refractivity (Wildman–Crippen MR) is 109 cm³/mol. The normalized spacial score (nSPS) is 18.9. The zero-order chi connectivity index (χ0) is 21.8. The van der Waals surface area contributed by atoms with Crippen LogP contribution in [0.3, 0.4) is 0 Å². The summed E-state index contributed by atoms with van der Waals surface area (Å²) in [5, 5.41) is 0. The largest absolute Gasteiger partial charge is 0.497 e. The minimum atomic E-state index is -1.28. The summed E-state index contributed by atoms with van der Waals surface area (Å²) in [6.45, 7) is 1.06. The maximum absolute atomic E-state index is 14.7. The van der Waals surface area contributed by atoms with E-state index in [0.717, 1.165) is 6.54 Å². The zero-order valence-electron chi connectivity index (χ0n) is 17.4. The van der Waals surface area contributed by atoms with E-state index >= 15 is 0 Å². The van der Waals surface area contributed by atoms with Crippen molar-refractivity contribution in [2.45, 2.75) is 12.5 Å². The SMILES string of the molecule is COc1ccc(C(=O)C2C(=O)C(=O)N(CCC[NH+](C)C)C2c2ccccc2F)cc1. The van der Waals surface area contributed by atoms with E-state index < -0.39 is 35.3 Å². The summed E-state index contributed by atoms with van der Waals surface area (Å²) in [5.74, 6) is -3.27. The van der Waals surface area contributed by atoms with E-state index in [2.05, 4.69) is 0 Å². The Morgan fingerprint density at radius 2 is 1.77 bits per heavy atom. The van der Waals surface area contributed by atoms with E-state index in [4.69, 9.17) is 4.74 Å². The van der Waals surface area contributed by atoms with Crippen LogP contribution in [-0.2, 0) is 9.59 Å². The summed E-state index contributed by atoms with van der Waals surface area (Å²) in [6.07, 6.45) is 0.635. The van der Waals surface area contributed by atoms with Crippen molar-refractivity contribution < 1.29 is 28.4 Å². The van der Waals surface area contributed by atoms with Gasteiger partial charge in [0.25, 0.3) is 5.91 Å². The lowest BCUT2D eigenvalue weighted by Gasteiger charge is -2.27. The fraction of sp³-hybridized carbons (Fsp3) is 0.348. The number of ketones is 2. The molecular weight excluding hydrogens is 387 g/mol. The molecule has 0 saturated carbocycles. The van der Waals surface area contributed by atoms with E-state index in [9.17, 15) is 18.8 Å². The average Bonchev–Trinajstić information content (AvgIpc) is 2.98. The molecule has 2 atom stereocenters. The highest BCUT2D eigenvalue weighted by Gasteiger charge is 2.52. The molecule has 1 N–H and O–H groups in total. The Morgan fingerprint density at radius 3 is 2.37 bits per heavy atom. The van der Waals surface area contributed by atoms with Gasteiger partial charge in [0.1, 0.15) is 17.5 Å². The van der Waals surface area contributed by atoms with Gasteiger partial charge in [0, 0.05) is 24.1 Å². The van der Waals surface area contributed by atoms with Gasteiger partial charge in [-0.3, -0.25) is 14.4 Å².